The third-order valence-electron chi connectivity index (χ3n) is 2.83. The van der Waals surface area contributed by atoms with Crippen LogP contribution >= 0.6 is 11.6 Å². The van der Waals surface area contributed by atoms with Crippen molar-refractivity contribution in [2.75, 3.05) is 5.73 Å². The lowest BCUT2D eigenvalue weighted by Crippen LogP contribution is -2.03. The van der Waals surface area contributed by atoms with Gasteiger partial charge in [-0.25, -0.2) is 4.39 Å². The van der Waals surface area contributed by atoms with Gasteiger partial charge in [0.15, 0.2) is 0 Å². The molecule has 0 aliphatic heterocycles. The number of hydrogen-bond acceptors (Lipinski definition) is 2. The summed E-state index contributed by atoms with van der Waals surface area (Å²) in [6, 6.07) is 9.67. The number of hydrogen-bond donors (Lipinski definition) is 1. The number of para-hydroxylation sites is 1. The highest BCUT2D eigenvalue weighted by Gasteiger charge is 2.12. The number of halogens is 2. The Labute approximate surface area is 118 Å². The van der Waals surface area contributed by atoms with Crippen LogP contribution < -0.4 is 5.73 Å². The van der Waals surface area contributed by atoms with Crippen molar-refractivity contribution in [2.24, 2.45) is 0 Å². The van der Waals surface area contributed by atoms with Crippen LogP contribution in [0.1, 0.15) is 11.1 Å². The topological polar surface area (TPSA) is 43.1 Å². The first-order valence-electron chi connectivity index (χ1n) is 5.66. The molecule has 0 amide bonds. The minimum atomic E-state index is -1.38. The monoisotopic (exact) mass is 297 g/mol. The Balaban J connectivity index is 2.28. The number of benzene rings is 2. The summed E-state index contributed by atoms with van der Waals surface area (Å²) < 4.78 is 25.9. The number of nitrogens with two attached hydrogens (primary N) is 1. The zero-order valence-corrected chi connectivity index (χ0v) is 11.9. The Hall–Kier alpha value is -1.39. The molecule has 5 heteroatoms. The van der Waals surface area contributed by atoms with Crippen molar-refractivity contribution >= 4 is 28.1 Å². The Bertz CT molecular complexity index is 645. The van der Waals surface area contributed by atoms with Crippen LogP contribution in [0.2, 0.25) is 5.02 Å². The lowest BCUT2D eigenvalue weighted by Gasteiger charge is -2.09. The molecule has 0 aromatic heterocycles. The normalized spacial score (nSPS) is 12.4. The second-order valence-corrected chi connectivity index (χ2v) is 6.07. The van der Waals surface area contributed by atoms with E-state index in [1.165, 1.54) is 6.07 Å². The van der Waals surface area contributed by atoms with E-state index in [1.54, 1.807) is 24.3 Å². The van der Waals surface area contributed by atoms with Crippen molar-refractivity contribution in [3.05, 3.63) is 58.4 Å². The zero-order valence-electron chi connectivity index (χ0n) is 10.3. The fraction of sp³-hybridized carbons (Fsp3) is 0.143. The maximum Gasteiger partial charge on any atom is 0.128 e. The van der Waals surface area contributed by atoms with Gasteiger partial charge in [-0.15, -0.1) is 0 Å². The van der Waals surface area contributed by atoms with Gasteiger partial charge in [-0.05, 0) is 30.7 Å². The molecule has 0 aliphatic rings. The average Bonchev–Trinajstić information content (AvgIpc) is 2.36. The summed E-state index contributed by atoms with van der Waals surface area (Å²) in [7, 11) is -1.38. The van der Waals surface area contributed by atoms with Crippen molar-refractivity contribution < 1.29 is 8.60 Å². The van der Waals surface area contributed by atoms with Gasteiger partial charge in [-0.1, -0.05) is 29.8 Å². The van der Waals surface area contributed by atoms with Gasteiger partial charge in [-0.3, -0.25) is 4.21 Å². The maximum absolute atomic E-state index is 13.7. The highest BCUT2D eigenvalue weighted by atomic mass is 35.5. The number of nitrogen functional groups attached to an aromatic ring is 1. The van der Waals surface area contributed by atoms with Crippen molar-refractivity contribution in [2.45, 2.75) is 17.6 Å². The first-order valence-corrected chi connectivity index (χ1v) is 7.36. The van der Waals surface area contributed by atoms with E-state index in [-0.39, 0.29) is 5.75 Å². The first kappa shape index (κ1) is 14.0. The molecule has 100 valence electrons. The zero-order chi connectivity index (χ0) is 14.0. The van der Waals surface area contributed by atoms with Crippen LogP contribution in [-0.4, -0.2) is 4.21 Å². The van der Waals surface area contributed by atoms with E-state index in [1.807, 2.05) is 13.0 Å². The van der Waals surface area contributed by atoms with Gasteiger partial charge in [0, 0.05) is 10.6 Å². The molecule has 0 radical (unpaired) electrons. The predicted molar refractivity (Wildman–Crippen MR) is 77.1 cm³/mol. The van der Waals surface area contributed by atoms with Crippen LogP contribution in [0.4, 0.5) is 10.1 Å². The van der Waals surface area contributed by atoms with Crippen molar-refractivity contribution in [3.63, 3.8) is 0 Å². The average molecular weight is 298 g/mol. The Kier molecular flexibility index (Phi) is 4.22. The van der Waals surface area contributed by atoms with Crippen molar-refractivity contribution in [1.29, 1.82) is 0 Å². The molecule has 2 nitrogen and oxygen atoms in total. The van der Waals surface area contributed by atoms with Crippen LogP contribution in [0.3, 0.4) is 0 Å². The standard InChI is InChI=1S/C14H13ClFNOS/c1-9-3-2-4-13(14(9)17)19(18)8-10-5-6-11(15)7-12(10)16/h2-7H,8,17H2,1H3. The quantitative estimate of drug-likeness (QED) is 0.878. The second-order valence-electron chi connectivity index (χ2n) is 4.21. The molecule has 1 unspecified atom stereocenters. The van der Waals surface area contributed by atoms with Crippen LogP contribution in [0.5, 0.6) is 0 Å². The molecule has 0 aliphatic carbocycles. The van der Waals surface area contributed by atoms with E-state index < -0.39 is 16.6 Å². The Morgan fingerprint density at radius 1 is 1.32 bits per heavy atom. The molecular weight excluding hydrogens is 285 g/mol. The van der Waals surface area contributed by atoms with Gasteiger partial charge in [0.05, 0.1) is 27.1 Å². The summed E-state index contributed by atoms with van der Waals surface area (Å²) in [6.07, 6.45) is 0. The van der Waals surface area contributed by atoms with E-state index >= 15 is 0 Å². The molecule has 0 spiro atoms. The molecule has 0 saturated heterocycles. The molecule has 2 aromatic carbocycles. The number of rotatable bonds is 3. The minimum absolute atomic E-state index is 0.0800. The molecule has 1 atom stereocenters. The minimum Gasteiger partial charge on any atom is -0.398 e. The number of aryl methyl sites for hydroxylation is 1. The molecule has 0 bridgehead atoms. The van der Waals surface area contributed by atoms with Gasteiger partial charge in [-0.2, -0.15) is 0 Å². The van der Waals surface area contributed by atoms with Gasteiger partial charge < -0.3 is 5.73 Å². The third-order valence-corrected chi connectivity index (χ3v) is 4.49. The molecule has 2 rings (SSSR count). The van der Waals surface area contributed by atoms with Crippen molar-refractivity contribution in [1.82, 2.24) is 0 Å². The van der Waals surface area contributed by atoms with Crippen molar-refractivity contribution in [3.8, 4) is 0 Å². The molecule has 2 aromatic rings. The predicted octanol–water partition coefficient (Wildman–Crippen LogP) is 3.68. The Morgan fingerprint density at radius 3 is 2.74 bits per heavy atom. The van der Waals surface area contributed by atoms with Crippen LogP contribution in [0.25, 0.3) is 0 Å². The second kappa shape index (κ2) is 5.72. The fourth-order valence-corrected chi connectivity index (χ4v) is 3.18. The van der Waals surface area contributed by atoms with Crippen LogP contribution in [0.15, 0.2) is 41.3 Å². The lowest BCUT2D eigenvalue weighted by atomic mass is 10.2. The SMILES string of the molecule is Cc1cccc(S(=O)Cc2ccc(Cl)cc2F)c1N. The summed E-state index contributed by atoms with van der Waals surface area (Å²) >= 11 is 5.68. The summed E-state index contributed by atoms with van der Waals surface area (Å²) in [4.78, 5) is 0.536. The first-order chi connectivity index (χ1) is 8.99. The summed E-state index contributed by atoms with van der Waals surface area (Å²) in [5, 5.41) is 0.321. The van der Waals surface area contributed by atoms with Gasteiger partial charge in [0.1, 0.15) is 5.82 Å². The summed E-state index contributed by atoms with van der Waals surface area (Å²) in [5.74, 6) is -0.372. The van der Waals surface area contributed by atoms with E-state index in [4.69, 9.17) is 17.3 Å². The van der Waals surface area contributed by atoms with E-state index in [0.717, 1.165) is 5.56 Å². The van der Waals surface area contributed by atoms with Crippen LogP contribution in [0, 0.1) is 12.7 Å². The van der Waals surface area contributed by atoms with Crippen LogP contribution in [-0.2, 0) is 16.6 Å². The fourth-order valence-electron chi connectivity index (χ4n) is 1.71. The Morgan fingerprint density at radius 2 is 2.05 bits per heavy atom. The largest absolute Gasteiger partial charge is 0.398 e. The lowest BCUT2D eigenvalue weighted by molar-refractivity contribution is 0.615. The van der Waals surface area contributed by atoms with E-state index in [9.17, 15) is 8.60 Å². The molecule has 0 heterocycles. The smallest absolute Gasteiger partial charge is 0.128 e. The molecule has 0 fully saturated rings. The highest BCUT2D eigenvalue weighted by molar-refractivity contribution is 7.84. The highest BCUT2D eigenvalue weighted by Crippen LogP contribution is 2.24. The molecule has 0 saturated carbocycles. The third kappa shape index (κ3) is 3.14. The summed E-state index contributed by atoms with van der Waals surface area (Å²) in [5.41, 5.74) is 7.61. The van der Waals surface area contributed by atoms with Gasteiger partial charge >= 0.3 is 0 Å². The van der Waals surface area contributed by atoms with Gasteiger partial charge in [0.25, 0.3) is 0 Å². The molecule has 19 heavy (non-hydrogen) atoms. The van der Waals surface area contributed by atoms with Gasteiger partial charge in [0.2, 0.25) is 0 Å². The number of anilines is 1. The maximum atomic E-state index is 13.7. The van der Waals surface area contributed by atoms with E-state index in [0.29, 0.717) is 21.2 Å². The molecular formula is C14H13ClFNOS. The summed E-state index contributed by atoms with van der Waals surface area (Å²) in [6.45, 7) is 1.85. The van der Waals surface area contributed by atoms with E-state index in [2.05, 4.69) is 0 Å². The molecule has 2 N–H and O–H groups in total.